The molecular weight excluding hydrogens is 310 g/mol. The molecule has 0 saturated heterocycles. The Morgan fingerprint density at radius 3 is 2.50 bits per heavy atom. The lowest BCUT2D eigenvalue weighted by atomic mass is 9.80. The maximum Gasteiger partial charge on any atom is 0.317 e. The number of carbonyl (C=O) groups excluding carboxylic acids is 2. The quantitative estimate of drug-likeness (QED) is 0.698. The van der Waals surface area contributed by atoms with E-state index in [0.717, 1.165) is 5.56 Å². The van der Waals surface area contributed by atoms with E-state index in [1.807, 2.05) is 30.3 Å². The van der Waals surface area contributed by atoms with Crippen LogP contribution in [0.3, 0.4) is 0 Å². The Balaban J connectivity index is 1.60. The maximum atomic E-state index is 12.0. The van der Waals surface area contributed by atoms with Crippen molar-refractivity contribution in [2.24, 2.45) is 5.92 Å². The molecule has 0 aromatic heterocycles. The summed E-state index contributed by atoms with van der Waals surface area (Å²) in [5.74, 6) is -1.33. The van der Waals surface area contributed by atoms with E-state index in [-0.39, 0.29) is 36.9 Å². The molecule has 0 spiro atoms. The number of carbonyl (C=O) groups is 3. The Labute approximate surface area is 141 Å². The number of carboxylic acid groups (broad SMARTS) is 1. The van der Waals surface area contributed by atoms with Crippen molar-refractivity contribution in [3.8, 4) is 0 Å². The van der Waals surface area contributed by atoms with Gasteiger partial charge >= 0.3 is 12.0 Å². The van der Waals surface area contributed by atoms with E-state index in [9.17, 15) is 14.4 Å². The van der Waals surface area contributed by atoms with Crippen molar-refractivity contribution in [3.63, 3.8) is 0 Å². The molecule has 0 radical (unpaired) electrons. The summed E-state index contributed by atoms with van der Waals surface area (Å²) in [6.07, 6.45) is 1.14. The molecule has 24 heavy (non-hydrogen) atoms. The lowest BCUT2D eigenvalue weighted by Gasteiger charge is -2.32. The molecule has 7 nitrogen and oxygen atoms in total. The van der Waals surface area contributed by atoms with Crippen molar-refractivity contribution in [3.05, 3.63) is 35.9 Å². The molecule has 3 N–H and O–H groups in total. The van der Waals surface area contributed by atoms with Gasteiger partial charge in [-0.15, -0.1) is 0 Å². The molecule has 1 aliphatic carbocycles. The molecule has 0 heterocycles. The number of nitrogens with one attached hydrogen (secondary N) is 2. The van der Waals surface area contributed by atoms with Gasteiger partial charge in [0.25, 0.3) is 0 Å². The number of amides is 3. The van der Waals surface area contributed by atoms with Crippen LogP contribution in [0.25, 0.3) is 0 Å². The predicted octanol–water partition coefficient (Wildman–Crippen LogP) is 1.20. The summed E-state index contributed by atoms with van der Waals surface area (Å²) in [7, 11) is 1.70. The highest BCUT2D eigenvalue weighted by Gasteiger charge is 2.35. The van der Waals surface area contributed by atoms with E-state index < -0.39 is 5.97 Å². The zero-order valence-electron chi connectivity index (χ0n) is 13.7. The molecule has 0 aliphatic heterocycles. The summed E-state index contributed by atoms with van der Waals surface area (Å²) in [5.41, 5.74) is 1.03. The SMILES string of the molecule is CN(Cc1ccccc1)C(=O)NCCC(=O)NC1CC(C(=O)O)C1. The number of urea groups is 1. The van der Waals surface area contributed by atoms with E-state index in [4.69, 9.17) is 5.11 Å². The first-order valence-electron chi connectivity index (χ1n) is 8.00. The van der Waals surface area contributed by atoms with Gasteiger partial charge in [0.1, 0.15) is 0 Å². The van der Waals surface area contributed by atoms with E-state index in [0.29, 0.717) is 19.4 Å². The van der Waals surface area contributed by atoms with Crippen LogP contribution >= 0.6 is 0 Å². The molecule has 1 aromatic rings. The Morgan fingerprint density at radius 1 is 1.21 bits per heavy atom. The fourth-order valence-electron chi connectivity index (χ4n) is 2.58. The van der Waals surface area contributed by atoms with Crippen LogP contribution < -0.4 is 10.6 Å². The summed E-state index contributed by atoms with van der Waals surface area (Å²) < 4.78 is 0. The molecule has 0 bridgehead atoms. The van der Waals surface area contributed by atoms with Gasteiger partial charge in [-0.2, -0.15) is 0 Å². The standard InChI is InChI=1S/C17H23N3O4/c1-20(11-12-5-3-2-4-6-12)17(24)18-8-7-15(21)19-14-9-13(10-14)16(22)23/h2-6,13-14H,7-11H2,1H3,(H,18,24)(H,19,21)(H,22,23). The van der Waals surface area contributed by atoms with Crippen LogP contribution in [0.2, 0.25) is 0 Å². The first kappa shape index (κ1) is 17.8. The van der Waals surface area contributed by atoms with Crippen LogP contribution in [0, 0.1) is 5.92 Å². The van der Waals surface area contributed by atoms with E-state index >= 15 is 0 Å². The highest BCUT2D eigenvalue weighted by atomic mass is 16.4. The Hall–Kier alpha value is -2.57. The third-order valence-corrected chi connectivity index (χ3v) is 4.09. The number of hydrogen-bond donors (Lipinski definition) is 3. The number of hydrogen-bond acceptors (Lipinski definition) is 3. The van der Waals surface area contributed by atoms with Gasteiger partial charge in [-0.3, -0.25) is 9.59 Å². The van der Waals surface area contributed by atoms with Crippen molar-refractivity contribution in [2.45, 2.75) is 31.8 Å². The Bertz CT molecular complexity index is 585. The molecule has 3 amide bonds. The molecule has 1 fully saturated rings. The molecule has 0 atom stereocenters. The van der Waals surface area contributed by atoms with Crippen molar-refractivity contribution in [1.82, 2.24) is 15.5 Å². The average Bonchev–Trinajstić information content (AvgIpc) is 2.50. The minimum absolute atomic E-state index is 0.0601. The monoisotopic (exact) mass is 333 g/mol. The highest BCUT2D eigenvalue weighted by molar-refractivity contribution is 5.79. The minimum Gasteiger partial charge on any atom is -0.481 e. The largest absolute Gasteiger partial charge is 0.481 e. The topological polar surface area (TPSA) is 98.7 Å². The zero-order valence-corrected chi connectivity index (χ0v) is 13.7. The summed E-state index contributed by atoms with van der Waals surface area (Å²) in [6, 6.07) is 9.35. The van der Waals surface area contributed by atoms with Crippen molar-refractivity contribution in [2.75, 3.05) is 13.6 Å². The van der Waals surface area contributed by atoms with Crippen molar-refractivity contribution < 1.29 is 19.5 Å². The minimum atomic E-state index is -0.811. The van der Waals surface area contributed by atoms with Crippen LogP contribution in [0.4, 0.5) is 4.79 Å². The van der Waals surface area contributed by atoms with Crippen LogP contribution in [0.5, 0.6) is 0 Å². The second-order valence-corrected chi connectivity index (χ2v) is 6.09. The Morgan fingerprint density at radius 2 is 1.88 bits per heavy atom. The Kier molecular flexibility index (Phi) is 6.17. The molecule has 1 saturated carbocycles. The predicted molar refractivity (Wildman–Crippen MR) is 88.2 cm³/mol. The van der Waals surface area contributed by atoms with Crippen LogP contribution in [-0.4, -0.2) is 47.5 Å². The first-order chi connectivity index (χ1) is 11.5. The fraction of sp³-hybridized carbons (Fsp3) is 0.471. The molecule has 0 unspecified atom stereocenters. The fourth-order valence-corrected chi connectivity index (χ4v) is 2.58. The van der Waals surface area contributed by atoms with Gasteiger partial charge in [0.2, 0.25) is 5.91 Å². The van der Waals surface area contributed by atoms with Crippen molar-refractivity contribution in [1.29, 1.82) is 0 Å². The van der Waals surface area contributed by atoms with Crippen molar-refractivity contribution >= 4 is 17.9 Å². The maximum absolute atomic E-state index is 12.0. The van der Waals surface area contributed by atoms with E-state index in [2.05, 4.69) is 10.6 Å². The van der Waals surface area contributed by atoms with Gasteiger partial charge in [-0.1, -0.05) is 30.3 Å². The van der Waals surface area contributed by atoms with E-state index in [1.165, 1.54) is 0 Å². The number of nitrogens with zero attached hydrogens (tertiary/aromatic N) is 1. The third-order valence-electron chi connectivity index (χ3n) is 4.09. The van der Waals surface area contributed by atoms with Gasteiger partial charge in [0.15, 0.2) is 0 Å². The molecule has 1 aliphatic rings. The zero-order chi connectivity index (χ0) is 17.5. The number of benzene rings is 1. The normalized spacial score (nSPS) is 19.0. The van der Waals surface area contributed by atoms with Crippen LogP contribution in [-0.2, 0) is 16.1 Å². The average molecular weight is 333 g/mol. The molecule has 1 aromatic carbocycles. The molecule has 7 heteroatoms. The lowest BCUT2D eigenvalue weighted by molar-refractivity contribution is -0.146. The summed E-state index contributed by atoms with van der Waals surface area (Å²) in [4.78, 5) is 35.9. The second-order valence-electron chi connectivity index (χ2n) is 6.09. The first-order valence-corrected chi connectivity index (χ1v) is 8.00. The van der Waals surface area contributed by atoms with Crippen LogP contribution in [0.1, 0.15) is 24.8 Å². The number of carboxylic acids is 1. The summed E-state index contributed by atoms with van der Waals surface area (Å²) in [5, 5.41) is 14.3. The molecular formula is C17H23N3O4. The highest BCUT2D eigenvalue weighted by Crippen LogP contribution is 2.27. The smallest absolute Gasteiger partial charge is 0.317 e. The summed E-state index contributed by atoms with van der Waals surface area (Å²) >= 11 is 0. The van der Waals surface area contributed by atoms with Gasteiger partial charge in [0.05, 0.1) is 5.92 Å². The number of rotatable bonds is 7. The van der Waals surface area contributed by atoms with Gasteiger partial charge in [-0.05, 0) is 18.4 Å². The second kappa shape index (κ2) is 8.33. The van der Waals surface area contributed by atoms with Gasteiger partial charge in [-0.25, -0.2) is 4.79 Å². The number of aliphatic carboxylic acids is 1. The lowest BCUT2D eigenvalue weighted by Crippen LogP contribution is -2.47. The molecule has 2 rings (SSSR count). The summed E-state index contributed by atoms with van der Waals surface area (Å²) in [6.45, 7) is 0.746. The molecule has 130 valence electrons. The van der Waals surface area contributed by atoms with Gasteiger partial charge < -0.3 is 20.6 Å². The van der Waals surface area contributed by atoms with Crippen LogP contribution in [0.15, 0.2) is 30.3 Å². The van der Waals surface area contributed by atoms with Gasteiger partial charge in [0, 0.05) is 32.6 Å². The third kappa shape index (κ3) is 5.26. The van der Waals surface area contributed by atoms with E-state index in [1.54, 1.807) is 11.9 Å².